The van der Waals surface area contributed by atoms with Crippen molar-refractivity contribution in [1.82, 2.24) is 19.8 Å². The minimum Gasteiger partial charge on any atom is -0.383 e. The maximum atomic E-state index is 12.6. The van der Waals surface area contributed by atoms with Crippen molar-refractivity contribution in [1.29, 1.82) is 0 Å². The van der Waals surface area contributed by atoms with Gasteiger partial charge >= 0.3 is 11.8 Å². The molecule has 0 unspecified atom stereocenters. The van der Waals surface area contributed by atoms with E-state index in [2.05, 4.69) is 9.97 Å². The Morgan fingerprint density at radius 1 is 1.00 bits per heavy atom. The van der Waals surface area contributed by atoms with E-state index in [-0.39, 0.29) is 0 Å². The molecular weight excluding hydrogens is 426 g/mol. The largest absolute Gasteiger partial charge is 0.383 e. The van der Waals surface area contributed by atoms with Crippen molar-refractivity contribution in [2.24, 2.45) is 0 Å². The topological polar surface area (TPSA) is 92.4 Å². The Hall–Kier alpha value is -3.45. The van der Waals surface area contributed by atoms with Gasteiger partial charge in [-0.1, -0.05) is 55.8 Å². The summed E-state index contributed by atoms with van der Waals surface area (Å²) in [5, 5.41) is 1.44. The number of aromatic nitrogens is 2. The van der Waals surface area contributed by atoms with Crippen molar-refractivity contribution in [3.63, 3.8) is 0 Å². The minimum absolute atomic E-state index is 0.346. The molecule has 32 heavy (non-hydrogen) atoms. The third-order valence-electron chi connectivity index (χ3n) is 5.01. The summed E-state index contributed by atoms with van der Waals surface area (Å²) in [5.74, 6) is -0.573. The predicted octanol–water partition coefficient (Wildman–Crippen LogP) is 3.78. The normalized spacial score (nSPS) is 14.1. The second-order valence-electron chi connectivity index (χ2n) is 7.04. The molecule has 0 bridgehead atoms. The number of carbonyl (C=O) groups is 2. The van der Waals surface area contributed by atoms with Crippen molar-refractivity contribution in [3.05, 3.63) is 71.0 Å². The van der Waals surface area contributed by atoms with E-state index in [9.17, 15) is 9.59 Å². The second-order valence-corrected chi connectivity index (χ2v) is 7.48. The SMILES string of the molecule is CC.Nc1ncnc2cc(CN3CCN(C/C=C/c4ccc(Cl)cc4)C(=O)C3=O)ccc12. The molecule has 1 aromatic heterocycles. The number of nitrogens with two attached hydrogens (primary N) is 1. The molecular formula is C24H26ClN5O2. The van der Waals surface area contributed by atoms with Crippen LogP contribution in [0.1, 0.15) is 25.0 Å². The Kier molecular flexibility index (Phi) is 7.78. The summed E-state index contributed by atoms with van der Waals surface area (Å²) in [7, 11) is 0. The van der Waals surface area contributed by atoms with E-state index < -0.39 is 11.8 Å². The highest BCUT2D eigenvalue weighted by Gasteiger charge is 2.31. The second kappa shape index (κ2) is 10.7. The first-order valence-corrected chi connectivity index (χ1v) is 10.9. The fourth-order valence-corrected chi connectivity index (χ4v) is 3.50. The number of hydrogen-bond donors (Lipinski definition) is 1. The van der Waals surface area contributed by atoms with Crippen LogP contribution in [0.5, 0.6) is 0 Å². The van der Waals surface area contributed by atoms with Gasteiger partial charge in [0.05, 0.1) is 5.52 Å². The number of hydrogen-bond acceptors (Lipinski definition) is 5. The highest BCUT2D eigenvalue weighted by Crippen LogP contribution is 2.20. The first-order chi connectivity index (χ1) is 15.5. The first kappa shape index (κ1) is 23.2. The molecule has 0 radical (unpaired) electrons. The Morgan fingerprint density at radius 2 is 1.69 bits per heavy atom. The van der Waals surface area contributed by atoms with Crippen LogP contribution in [0, 0.1) is 0 Å². The van der Waals surface area contributed by atoms with E-state index in [1.807, 2.05) is 68.5 Å². The van der Waals surface area contributed by atoms with E-state index in [1.54, 1.807) is 9.80 Å². The molecule has 8 heteroatoms. The van der Waals surface area contributed by atoms with Crippen LogP contribution < -0.4 is 5.73 Å². The number of nitrogen functional groups attached to an aromatic ring is 1. The number of fused-ring (bicyclic) bond motifs is 1. The zero-order chi connectivity index (χ0) is 23.1. The summed E-state index contributed by atoms with van der Waals surface area (Å²) >= 11 is 5.88. The molecule has 1 aliphatic heterocycles. The van der Waals surface area contributed by atoms with Gasteiger partial charge in [0.2, 0.25) is 0 Å². The molecule has 0 saturated carbocycles. The molecule has 2 aromatic carbocycles. The quantitative estimate of drug-likeness (QED) is 0.596. The van der Waals surface area contributed by atoms with Crippen molar-refractivity contribution in [2.45, 2.75) is 20.4 Å². The molecule has 0 aliphatic carbocycles. The molecule has 2 heterocycles. The zero-order valence-electron chi connectivity index (χ0n) is 18.2. The van der Waals surface area contributed by atoms with E-state index in [0.717, 1.165) is 16.5 Å². The van der Waals surface area contributed by atoms with Crippen LogP contribution in [-0.4, -0.2) is 51.2 Å². The minimum atomic E-state index is -0.497. The van der Waals surface area contributed by atoms with Crippen molar-refractivity contribution < 1.29 is 9.59 Å². The third-order valence-corrected chi connectivity index (χ3v) is 5.26. The summed E-state index contributed by atoms with van der Waals surface area (Å²) in [5.41, 5.74) is 8.44. The van der Waals surface area contributed by atoms with E-state index in [4.69, 9.17) is 17.3 Å². The molecule has 1 saturated heterocycles. The fourth-order valence-electron chi connectivity index (χ4n) is 3.37. The van der Waals surface area contributed by atoms with Crippen LogP contribution in [0.15, 0.2) is 54.9 Å². The van der Waals surface area contributed by atoms with E-state index in [0.29, 0.717) is 42.5 Å². The Morgan fingerprint density at radius 3 is 2.44 bits per heavy atom. The van der Waals surface area contributed by atoms with Crippen LogP contribution in [0.25, 0.3) is 17.0 Å². The van der Waals surface area contributed by atoms with Gasteiger partial charge in [-0.05, 0) is 35.4 Å². The van der Waals surface area contributed by atoms with Gasteiger partial charge in [0.15, 0.2) is 0 Å². The maximum Gasteiger partial charge on any atom is 0.312 e. The molecule has 0 atom stereocenters. The fraction of sp³-hybridized carbons (Fsp3) is 0.250. The number of amides is 2. The number of benzene rings is 2. The number of rotatable bonds is 5. The molecule has 2 N–H and O–H groups in total. The van der Waals surface area contributed by atoms with Gasteiger partial charge in [0.25, 0.3) is 0 Å². The molecule has 166 valence electrons. The number of halogens is 1. The highest BCUT2D eigenvalue weighted by molar-refractivity contribution is 6.35. The molecule has 3 aromatic rings. The lowest BCUT2D eigenvalue weighted by molar-refractivity contribution is -0.156. The lowest BCUT2D eigenvalue weighted by atomic mass is 10.1. The van der Waals surface area contributed by atoms with Crippen molar-refractivity contribution in [3.8, 4) is 0 Å². The number of piperazine rings is 1. The predicted molar refractivity (Wildman–Crippen MR) is 128 cm³/mol. The summed E-state index contributed by atoms with van der Waals surface area (Å²) in [6.45, 7) is 5.69. The standard InChI is InChI=1S/C22H20ClN5O2.C2H6/c23-17-6-3-15(4-7-17)2-1-9-27-10-11-28(22(30)21(27)29)13-16-5-8-18-19(12-16)25-14-26-20(18)24;1-2/h1-8,12,14H,9-11,13H2,(H2,24,25,26);1-2H3/b2-1+;. The van der Waals surface area contributed by atoms with Gasteiger partial charge in [-0.25, -0.2) is 9.97 Å². The zero-order valence-corrected chi connectivity index (χ0v) is 18.9. The molecule has 1 aliphatic rings. The van der Waals surface area contributed by atoms with E-state index >= 15 is 0 Å². The summed E-state index contributed by atoms with van der Waals surface area (Å²) in [6, 6.07) is 13.0. The summed E-state index contributed by atoms with van der Waals surface area (Å²) in [6.07, 6.45) is 5.19. The summed E-state index contributed by atoms with van der Waals surface area (Å²) < 4.78 is 0. The lowest BCUT2D eigenvalue weighted by Gasteiger charge is -2.33. The van der Waals surface area contributed by atoms with Crippen molar-refractivity contribution >= 4 is 46.2 Å². The van der Waals surface area contributed by atoms with Gasteiger partial charge in [0, 0.05) is 36.6 Å². The van der Waals surface area contributed by atoms with Crippen LogP contribution in [0.3, 0.4) is 0 Å². The number of anilines is 1. The molecule has 1 fully saturated rings. The Bertz CT molecular complexity index is 1130. The van der Waals surface area contributed by atoms with Gasteiger partial charge in [-0.2, -0.15) is 0 Å². The number of nitrogens with zero attached hydrogens (tertiary/aromatic N) is 4. The van der Waals surface area contributed by atoms with Crippen molar-refractivity contribution in [2.75, 3.05) is 25.4 Å². The molecule has 0 spiro atoms. The Labute approximate surface area is 192 Å². The first-order valence-electron chi connectivity index (χ1n) is 10.5. The number of carbonyl (C=O) groups excluding carboxylic acids is 2. The highest BCUT2D eigenvalue weighted by atomic mass is 35.5. The lowest BCUT2D eigenvalue weighted by Crippen LogP contribution is -2.53. The van der Waals surface area contributed by atoms with Gasteiger partial charge in [-0.15, -0.1) is 0 Å². The van der Waals surface area contributed by atoms with E-state index in [1.165, 1.54) is 6.33 Å². The van der Waals surface area contributed by atoms with Crippen LogP contribution in [-0.2, 0) is 16.1 Å². The van der Waals surface area contributed by atoms with Crippen LogP contribution in [0.2, 0.25) is 5.02 Å². The van der Waals surface area contributed by atoms with Crippen LogP contribution in [0.4, 0.5) is 5.82 Å². The third kappa shape index (κ3) is 5.42. The average Bonchev–Trinajstić information content (AvgIpc) is 2.81. The van der Waals surface area contributed by atoms with Gasteiger partial charge in [-0.3, -0.25) is 9.59 Å². The maximum absolute atomic E-state index is 12.6. The van der Waals surface area contributed by atoms with Crippen LogP contribution >= 0.6 is 11.6 Å². The smallest absolute Gasteiger partial charge is 0.312 e. The molecule has 4 rings (SSSR count). The average molecular weight is 452 g/mol. The molecule has 2 amide bonds. The summed E-state index contributed by atoms with van der Waals surface area (Å²) in [4.78, 5) is 36.4. The van der Waals surface area contributed by atoms with Gasteiger partial charge in [0.1, 0.15) is 12.1 Å². The van der Waals surface area contributed by atoms with Gasteiger partial charge < -0.3 is 15.5 Å². The monoisotopic (exact) mass is 451 g/mol. The molecule has 7 nitrogen and oxygen atoms in total. The Balaban J connectivity index is 0.00000141.